The van der Waals surface area contributed by atoms with Crippen LogP contribution in [-0.2, 0) is 19.6 Å². The number of carbonyl (C=O) groups is 1. The predicted octanol–water partition coefficient (Wildman–Crippen LogP) is -0.555. The summed E-state index contributed by atoms with van der Waals surface area (Å²) in [5.74, 6) is -0.457. The zero-order chi connectivity index (χ0) is 12.7. The first kappa shape index (κ1) is 12.8. The molecule has 0 aromatic carbocycles. The van der Waals surface area contributed by atoms with E-state index in [1.54, 1.807) is 0 Å². The predicted molar refractivity (Wildman–Crippen MR) is 61.7 cm³/mol. The van der Waals surface area contributed by atoms with E-state index in [4.69, 9.17) is 5.73 Å². The fraction of sp³-hybridized carbons (Fsp3) is 0.900. The van der Waals surface area contributed by atoms with Crippen molar-refractivity contribution in [1.82, 2.24) is 4.31 Å². The second-order valence-corrected chi connectivity index (χ2v) is 7.00. The number of methoxy groups -OCH3 is 1. The number of nitrogens with two attached hydrogens (primary N) is 1. The molecule has 1 saturated carbocycles. The molecule has 7 heteroatoms. The molecule has 0 radical (unpaired) electrons. The van der Waals surface area contributed by atoms with Crippen molar-refractivity contribution in [2.45, 2.75) is 36.5 Å². The molecule has 2 fully saturated rings. The third-order valence-corrected chi connectivity index (χ3v) is 5.91. The maximum atomic E-state index is 12.0. The second kappa shape index (κ2) is 4.22. The Morgan fingerprint density at radius 1 is 1.35 bits per heavy atom. The van der Waals surface area contributed by atoms with E-state index >= 15 is 0 Å². The van der Waals surface area contributed by atoms with Gasteiger partial charge in [0.2, 0.25) is 10.0 Å². The number of rotatable bonds is 3. The highest BCUT2D eigenvalue weighted by atomic mass is 32.2. The molecule has 0 spiro atoms. The first-order valence-electron chi connectivity index (χ1n) is 5.76. The van der Waals surface area contributed by atoms with Crippen LogP contribution in [0.1, 0.15) is 25.7 Å². The molecule has 2 N–H and O–H groups in total. The molecule has 0 aromatic heterocycles. The summed E-state index contributed by atoms with van der Waals surface area (Å²) in [5, 5.41) is -0.203. The van der Waals surface area contributed by atoms with Crippen LogP contribution >= 0.6 is 0 Å². The number of carbonyl (C=O) groups excluding carboxylic acids is 1. The van der Waals surface area contributed by atoms with Gasteiger partial charge in [-0.15, -0.1) is 0 Å². The van der Waals surface area contributed by atoms with Crippen molar-refractivity contribution in [2.75, 3.05) is 20.2 Å². The summed E-state index contributed by atoms with van der Waals surface area (Å²) in [6.45, 7) is 0.620. The van der Waals surface area contributed by atoms with E-state index in [-0.39, 0.29) is 5.25 Å². The lowest BCUT2D eigenvalue weighted by Gasteiger charge is -2.36. The van der Waals surface area contributed by atoms with Crippen LogP contribution in [-0.4, -0.2) is 49.7 Å². The molecule has 2 rings (SSSR count). The van der Waals surface area contributed by atoms with Gasteiger partial charge in [0.25, 0.3) is 0 Å². The van der Waals surface area contributed by atoms with Gasteiger partial charge in [-0.1, -0.05) is 0 Å². The first-order chi connectivity index (χ1) is 7.90. The summed E-state index contributed by atoms with van der Waals surface area (Å²) >= 11 is 0. The minimum atomic E-state index is -3.15. The van der Waals surface area contributed by atoms with E-state index in [1.807, 2.05) is 0 Å². The van der Waals surface area contributed by atoms with Gasteiger partial charge in [0.15, 0.2) is 0 Å². The Morgan fingerprint density at radius 2 is 1.88 bits per heavy atom. The summed E-state index contributed by atoms with van der Waals surface area (Å²) in [5.41, 5.74) is 4.89. The second-order valence-electron chi connectivity index (χ2n) is 4.79. The molecule has 1 heterocycles. The van der Waals surface area contributed by atoms with Gasteiger partial charge < -0.3 is 10.5 Å². The van der Waals surface area contributed by atoms with Crippen molar-refractivity contribution in [3.8, 4) is 0 Å². The van der Waals surface area contributed by atoms with Crippen LogP contribution in [0.4, 0.5) is 0 Å². The minimum Gasteiger partial charge on any atom is -0.468 e. The van der Waals surface area contributed by atoms with Gasteiger partial charge in [0, 0.05) is 13.1 Å². The number of esters is 1. The van der Waals surface area contributed by atoms with Crippen LogP contribution in [0.15, 0.2) is 0 Å². The molecule has 0 aromatic rings. The van der Waals surface area contributed by atoms with Crippen LogP contribution in [0.5, 0.6) is 0 Å². The molecule has 0 bridgehead atoms. The number of ether oxygens (including phenoxy) is 1. The zero-order valence-electron chi connectivity index (χ0n) is 9.89. The number of piperidine rings is 1. The van der Waals surface area contributed by atoms with E-state index in [9.17, 15) is 13.2 Å². The summed E-state index contributed by atoms with van der Waals surface area (Å²) in [4.78, 5) is 11.5. The molecule has 1 aliphatic carbocycles. The standard InChI is InChI=1S/C10H18N2O4S/c1-16-9(13)10(11)4-6-12(7-5-10)17(14,15)8-2-3-8/h8H,2-7,11H2,1H3. The number of nitrogens with zero attached hydrogens (tertiary/aromatic N) is 1. The highest BCUT2D eigenvalue weighted by molar-refractivity contribution is 7.90. The Bertz CT molecular complexity index is 408. The summed E-state index contributed by atoms with van der Waals surface area (Å²) in [7, 11) is -1.85. The average Bonchev–Trinajstić information content (AvgIpc) is 3.12. The largest absolute Gasteiger partial charge is 0.468 e. The Kier molecular flexibility index (Phi) is 3.17. The molecule has 0 amide bonds. The maximum absolute atomic E-state index is 12.0. The van der Waals surface area contributed by atoms with Crippen molar-refractivity contribution in [2.24, 2.45) is 5.73 Å². The minimum absolute atomic E-state index is 0.203. The van der Waals surface area contributed by atoms with Gasteiger partial charge in [-0.2, -0.15) is 0 Å². The molecular weight excluding hydrogens is 244 g/mol. The van der Waals surface area contributed by atoms with Gasteiger partial charge in [-0.05, 0) is 25.7 Å². The third kappa shape index (κ3) is 2.31. The molecule has 98 valence electrons. The SMILES string of the molecule is COC(=O)C1(N)CCN(S(=O)(=O)C2CC2)CC1. The Labute approximate surface area is 101 Å². The molecule has 0 atom stereocenters. The highest BCUT2D eigenvalue weighted by Crippen LogP contribution is 2.33. The Balaban J connectivity index is 2.01. The number of hydrogen-bond donors (Lipinski definition) is 1. The lowest BCUT2D eigenvalue weighted by atomic mass is 9.90. The van der Waals surface area contributed by atoms with E-state index in [0.29, 0.717) is 25.9 Å². The van der Waals surface area contributed by atoms with Crippen molar-refractivity contribution < 1.29 is 17.9 Å². The van der Waals surface area contributed by atoms with Crippen molar-refractivity contribution >= 4 is 16.0 Å². The number of sulfonamides is 1. The molecular formula is C10H18N2O4S. The van der Waals surface area contributed by atoms with Crippen LogP contribution in [0.25, 0.3) is 0 Å². The quantitative estimate of drug-likeness (QED) is 0.689. The topological polar surface area (TPSA) is 89.7 Å². The van der Waals surface area contributed by atoms with Crippen molar-refractivity contribution in [3.05, 3.63) is 0 Å². The summed E-state index contributed by atoms with van der Waals surface area (Å²) < 4.78 is 30.0. The van der Waals surface area contributed by atoms with E-state index in [1.165, 1.54) is 11.4 Å². The molecule has 1 aliphatic heterocycles. The van der Waals surface area contributed by atoms with Gasteiger partial charge >= 0.3 is 5.97 Å². The molecule has 0 unspecified atom stereocenters. The van der Waals surface area contributed by atoms with Crippen LogP contribution in [0, 0.1) is 0 Å². The van der Waals surface area contributed by atoms with Crippen molar-refractivity contribution in [1.29, 1.82) is 0 Å². The molecule has 2 aliphatic rings. The van der Waals surface area contributed by atoms with Crippen LogP contribution < -0.4 is 5.73 Å². The summed E-state index contributed by atoms with van der Waals surface area (Å²) in [6.07, 6.45) is 2.16. The number of hydrogen-bond acceptors (Lipinski definition) is 5. The third-order valence-electron chi connectivity index (χ3n) is 3.51. The lowest BCUT2D eigenvalue weighted by Crippen LogP contribution is -2.57. The van der Waals surface area contributed by atoms with Gasteiger partial charge in [0.1, 0.15) is 5.54 Å². The average molecular weight is 262 g/mol. The lowest BCUT2D eigenvalue weighted by molar-refractivity contribution is -0.148. The normalized spacial score (nSPS) is 25.5. The molecule has 6 nitrogen and oxygen atoms in total. The highest BCUT2D eigenvalue weighted by Gasteiger charge is 2.45. The molecule has 1 saturated heterocycles. The van der Waals surface area contributed by atoms with Gasteiger partial charge in [-0.3, -0.25) is 4.79 Å². The first-order valence-corrected chi connectivity index (χ1v) is 7.27. The van der Waals surface area contributed by atoms with Crippen LogP contribution in [0.3, 0.4) is 0 Å². The zero-order valence-corrected chi connectivity index (χ0v) is 10.7. The van der Waals surface area contributed by atoms with Gasteiger partial charge in [-0.25, -0.2) is 12.7 Å². The Hall–Kier alpha value is -0.660. The van der Waals surface area contributed by atoms with Crippen molar-refractivity contribution in [3.63, 3.8) is 0 Å². The smallest absolute Gasteiger partial charge is 0.325 e. The maximum Gasteiger partial charge on any atom is 0.325 e. The fourth-order valence-electron chi connectivity index (χ4n) is 2.12. The van der Waals surface area contributed by atoms with E-state index < -0.39 is 21.5 Å². The van der Waals surface area contributed by atoms with Crippen LogP contribution in [0.2, 0.25) is 0 Å². The fourth-order valence-corrected chi connectivity index (χ4v) is 3.97. The van der Waals surface area contributed by atoms with Gasteiger partial charge in [0.05, 0.1) is 12.4 Å². The van der Waals surface area contributed by atoms with E-state index in [2.05, 4.69) is 4.74 Å². The Morgan fingerprint density at radius 3 is 2.29 bits per heavy atom. The summed E-state index contributed by atoms with van der Waals surface area (Å²) in [6, 6.07) is 0. The van der Waals surface area contributed by atoms with E-state index in [0.717, 1.165) is 12.8 Å². The molecule has 17 heavy (non-hydrogen) atoms. The monoisotopic (exact) mass is 262 g/mol.